The van der Waals surface area contributed by atoms with Crippen molar-refractivity contribution >= 4 is 28.8 Å². The zero-order valence-corrected chi connectivity index (χ0v) is 20.2. The van der Waals surface area contributed by atoms with Gasteiger partial charge in [-0.25, -0.2) is 28.1 Å². The number of likely N-dealkylation sites (N-methyl/N-ethyl adjacent to an activating group) is 1. The summed E-state index contributed by atoms with van der Waals surface area (Å²) >= 11 is 7.79. The lowest BCUT2D eigenvalue weighted by Gasteiger charge is -2.38. The second-order valence-electron chi connectivity index (χ2n) is 8.31. The van der Waals surface area contributed by atoms with Crippen LogP contribution in [0.2, 0.25) is 5.02 Å². The molecule has 11 heteroatoms. The number of carbonyl (C=O) groups is 1. The van der Waals surface area contributed by atoms with Gasteiger partial charge in [-0.3, -0.25) is 9.69 Å². The molecule has 3 aromatic rings. The molecular weight excluding hydrogens is 487 g/mol. The predicted molar refractivity (Wildman–Crippen MR) is 125 cm³/mol. The normalized spacial score (nSPS) is 16.9. The van der Waals surface area contributed by atoms with Gasteiger partial charge in [0, 0.05) is 50.0 Å². The van der Waals surface area contributed by atoms with Crippen molar-refractivity contribution < 1.29 is 18.0 Å². The summed E-state index contributed by atoms with van der Waals surface area (Å²) < 4.78 is 40.7. The Hall–Kier alpha value is -2.56. The summed E-state index contributed by atoms with van der Waals surface area (Å²) in [6.07, 6.45) is 1.67. The highest BCUT2D eigenvalue weighted by Crippen LogP contribution is 2.35. The molecule has 0 spiro atoms. The lowest BCUT2D eigenvalue weighted by Crippen LogP contribution is -2.45. The Morgan fingerprint density at radius 2 is 1.91 bits per heavy atom. The minimum Gasteiger partial charge on any atom is -0.340 e. The first-order chi connectivity index (χ1) is 16.1. The average Bonchev–Trinajstić information content (AvgIpc) is 3.23. The Bertz CT molecular complexity index is 1160. The molecule has 6 nitrogen and oxygen atoms in total. The minimum absolute atomic E-state index is 0.218. The lowest BCUT2D eigenvalue weighted by atomic mass is 10.0. The van der Waals surface area contributed by atoms with Crippen molar-refractivity contribution in [3.8, 4) is 11.4 Å². The van der Waals surface area contributed by atoms with Gasteiger partial charge in [-0.1, -0.05) is 11.6 Å². The molecule has 0 saturated carbocycles. The molecule has 3 heterocycles. The molecule has 0 N–H and O–H groups in total. The van der Waals surface area contributed by atoms with Gasteiger partial charge < -0.3 is 4.90 Å². The SMILES string of the molecule is Cc1ncsc1C(CN(C)C(=O)c1cc(-c2ncc(F)cn2)ccc1Cl)N1CCC(F)(F)CC1. The third-order valence-corrected chi connectivity index (χ3v) is 7.29. The molecule has 1 atom stereocenters. The van der Waals surface area contributed by atoms with Crippen LogP contribution < -0.4 is 0 Å². The molecule has 0 radical (unpaired) electrons. The van der Waals surface area contributed by atoms with Crippen molar-refractivity contribution in [1.82, 2.24) is 24.8 Å². The largest absolute Gasteiger partial charge is 0.340 e. The van der Waals surface area contributed by atoms with Crippen LogP contribution in [0.5, 0.6) is 0 Å². The Labute approximate surface area is 204 Å². The molecule has 1 saturated heterocycles. The zero-order chi connectivity index (χ0) is 24.5. The van der Waals surface area contributed by atoms with E-state index in [1.165, 1.54) is 16.2 Å². The van der Waals surface area contributed by atoms with Crippen LogP contribution in [-0.2, 0) is 0 Å². The van der Waals surface area contributed by atoms with Gasteiger partial charge in [0.25, 0.3) is 11.8 Å². The van der Waals surface area contributed by atoms with Crippen LogP contribution in [-0.4, -0.2) is 63.3 Å². The summed E-state index contributed by atoms with van der Waals surface area (Å²) in [4.78, 5) is 30.1. The highest BCUT2D eigenvalue weighted by atomic mass is 35.5. The molecule has 1 amide bonds. The van der Waals surface area contributed by atoms with Gasteiger partial charge in [0.2, 0.25) is 0 Å². The molecule has 0 bridgehead atoms. The van der Waals surface area contributed by atoms with Gasteiger partial charge in [-0.15, -0.1) is 11.3 Å². The van der Waals surface area contributed by atoms with Gasteiger partial charge in [0.15, 0.2) is 11.6 Å². The quantitative estimate of drug-likeness (QED) is 0.454. The van der Waals surface area contributed by atoms with Crippen LogP contribution in [0, 0.1) is 12.7 Å². The molecule has 4 rings (SSSR count). The van der Waals surface area contributed by atoms with Gasteiger partial charge in [0.05, 0.1) is 40.2 Å². The maximum absolute atomic E-state index is 13.8. The Kier molecular flexibility index (Phi) is 7.20. The summed E-state index contributed by atoms with van der Waals surface area (Å²) in [7, 11) is 1.65. The summed E-state index contributed by atoms with van der Waals surface area (Å²) in [6.45, 7) is 2.62. The Morgan fingerprint density at radius 3 is 2.53 bits per heavy atom. The number of carbonyl (C=O) groups excluding carboxylic acids is 1. The smallest absolute Gasteiger partial charge is 0.255 e. The number of thiazole rings is 1. The fourth-order valence-corrected chi connectivity index (χ4v) is 5.12. The average molecular weight is 510 g/mol. The number of hydrogen-bond donors (Lipinski definition) is 0. The Balaban J connectivity index is 1.58. The van der Waals surface area contributed by atoms with Crippen molar-refractivity contribution in [2.24, 2.45) is 0 Å². The van der Waals surface area contributed by atoms with Gasteiger partial charge in [-0.05, 0) is 25.1 Å². The molecule has 1 fully saturated rings. The second kappa shape index (κ2) is 9.97. The number of halogens is 4. The van der Waals surface area contributed by atoms with E-state index in [-0.39, 0.29) is 60.8 Å². The van der Waals surface area contributed by atoms with E-state index in [4.69, 9.17) is 11.6 Å². The number of nitrogens with zero attached hydrogens (tertiary/aromatic N) is 5. The van der Waals surface area contributed by atoms with Crippen LogP contribution in [0.1, 0.15) is 39.8 Å². The molecule has 1 aliphatic rings. The molecule has 1 unspecified atom stereocenters. The third kappa shape index (κ3) is 5.39. The standard InChI is InChI=1S/C23H23ClF3N5OS/c1-14-20(34-13-30-14)19(32-7-5-23(26,27)6-8-32)12-31(2)22(33)17-9-15(3-4-18(17)24)21-28-10-16(25)11-29-21/h3-4,9-11,13,19H,5-8,12H2,1-2H3. The van der Waals surface area contributed by atoms with Gasteiger partial charge in [0.1, 0.15) is 0 Å². The molecule has 1 aliphatic heterocycles. The van der Waals surface area contributed by atoms with Crippen molar-refractivity contribution in [3.05, 3.63) is 63.1 Å². The zero-order valence-electron chi connectivity index (χ0n) is 18.6. The van der Waals surface area contributed by atoms with Crippen LogP contribution in [0.3, 0.4) is 0 Å². The first-order valence-electron chi connectivity index (χ1n) is 10.7. The van der Waals surface area contributed by atoms with Crippen LogP contribution in [0.25, 0.3) is 11.4 Å². The van der Waals surface area contributed by atoms with E-state index in [0.29, 0.717) is 5.56 Å². The monoisotopic (exact) mass is 509 g/mol. The highest BCUT2D eigenvalue weighted by molar-refractivity contribution is 7.09. The third-order valence-electron chi connectivity index (χ3n) is 5.92. The number of alkyl halides is 2. The molecule has 2 aromatic heterocycles. The van der Waals surface area contributed by atoms with E-state index >= 15 is 0 Å². The molecule has 34 heavy (non-hydrogen) atoms. The predicted octanol–water partition coefficient (Wildman–Crippen LogP) is 5.25. The van der Waals surface area contributed by atoms with E-state index in [0.717, 1.165) is 23.0 Å². The second-order valence-corrected chi connectivity index (χ2v) is 9.61. The van der Waals surface area contributed by atoms with Crippen LogP contribution in [0.15, 0.2) is 36.1 Å². The van der Waals surface area contributed by atoms with Crippen molar-refractivity contribution in [2.75, 3.05) is 26.7 Å². The fraction of sp³-hybridized carbons (Fsp3) is 0.391. The highest BCUT2D eigenvalue weighted by Gasteiger charge is 2.38. The number of hydrogen-bond acceptors (Lipinski definition) is 6. The first kappa shape index (κ1) is 24.6. The number of aryl methyl sites for hydroxylation is 1. The number of likely N-dealkylation sites (tertiary alicyclic amines) is 1. The van der Waals surface area contributed by atoms with E-state index < -0.39 is 11.7 Å². The first-order valence-corrected chi connectivity index (χ1v) is 12.0. The van der Waals surface area contributed by atoms with Crippen molar-refractivity contribution in [1.29, 1.82) is 0 Å². The van der Waals surface area contributed by atoms with Gasteiger partial charge >= 0.3 is 0 Å². The summed E-state index contributed by atoms with van der Waals surface area (Å²) in [6, 6.07) is 4.54. The van der Waals surface area contributed by atoms with Crippen molar-refractivity contribution in [3.63, 3.8) is 0 Å². The van der Waals surface area contributed by atoms with Crippen LogP contribution in [0.4, 0.5) is 13.2 Å². The van der Waals surface area contributed by atoms with Gasteiger partial charge in [-0.2, -0.15) is 0 Å². The number of amides is 1. The summed E-state index contributed by atoms with van der Waals surface area (Å²) in [5.41, 5.74) is 3.32. The molecule has 0 aliphatic carbocycles. The van der Waals surface area contributed by atoms with Crippen molar-refractivity contribution in [2.45, 2.75) is 31.7 Å². The summed E-state index contributed by atoms with van der Waals surface area (Å²) in [5, 5.41) is 0.255. The van der Waals surface area contributed by atoms with E-state index in [9.17, 15) is 18.0 Å². The topological polar surface area (TPSA) is 62.2 Å². The number of benzene rings is 1. The molecule has 180 valence electrons. The fourth-order valence-electron chi connectivity index (χ4n) is 4.00. The molecule has 1 aromatic carbocycles. The minimum atomic E-state index is -2.66. The number of aromatic nitrogens is 3. The van der Waals surface area contributed by atoms with Crippen LogP contribution >= 0.6 is 22.9 Å². The van der Waals surface area contributed by atoms with E-state index in [1.807, 2.05) is 11.8 Å². The summed E-state index contributed by atoms with van der Waals surface area (Å²) in [5.74, 6) is -3.29. The number of rotatable bonds is 6. The molecular formula is C23H23ClF3N5OS. The maximum atomic E-state index is 13.8. The van der Waals surface area contributed by atoms with E-state index in [1.54, 1.807) is 30.8 Å². The number of piperidine rings is 1. The van der Waals surface area contributed by atoms with E-state index in [2.05, 4.69) is 15.0 Å². The maximum Gasteiger partial charge on any atom is 0.255 e. The lowest BCUT2D eigenvalue weighted by molar-refractivity contribution is -0.0646. The Morgan fingerprint density at radius 1 is 1.24 bits per heavy atom.